The van der Waals surface area contributed by atoms with E-state index in [1.54, 1.807) is 0 Å². The zero-order valence-corrected chi connectivity index (χ0v) is 17.7. The number of fused-ring (bicyclic) bond motifs is 2. The van der Waals surface area contributed by atoms with Crippen LogP contribution in [-0.2, 0) is 13.1 Å². The number of anilines is 1. The van der Waals surface area contributed by atoms with E-state index in [1.165, 1.54) is 5.52 Å². The summed E-state index contributed by atoms with van der Waals surface area (Å²) < 4.78 is 13.1. The van der Waals surface area contributed by atoms with Gasteiger partial charge in [-0.25, -0.2) is 4.98 Å². The highest BCUT2D eigenvalue weighted by molar-refractivity contribution is 5.85. The number of nitrogens with one attached hydrogen (secondary N) is 1. The molecule has 0 unspecified atom stereocenters. The number of nitrogens with zero attached hydrogens (tertiary/aromatic N) is 3. The van der Waals surface area contributed by atoms with Crippen LogP contribution in [0.4, 0.5) is 5.95 Å². The highest BCUT2D eigenvalue weighted by atomic mass is 35.5. The number of imidazole rings is 1. The number of benzene rings is 2. The second kappa shape index (κ2) is 9.87. The Hall–Kier alpha value is -2.15. The summed E-state index contributed by atoms with van der Waals surface area (Å²) in [5.74, 6) is 2.52. The van der Waals surface area contributed by atoms with Gasteiger partial charge >= 0.3 is 0 Å². The van der Waals surface area contributed by atoms with Crippen LogP contribution in [0, 0.1) is 0 Å². The SMILES string of the molecule is CN(C)CCCn1c(NCc2ccc3c(c2)OCO3)nc2ccccc21.Cl.Cl. The minimum Gasteiger partial charge on any atom is -0.454 e. The van der Waals surface area contributed by atoms with Crippen molar-refractivity contribution in [3.63, 3.8) is 0 Å². The van der Waals surface area contributed by atoms with E-state index in [9.17, 15) is 0 Å². The molecular weight excluding hydrogens is 399 g/mol. The molecule has 0 saturated heterocycles. The summed E-state index contributed by atoms with van der Waals surface area (Å²) in [5.41, 5.74) is 3.33. The van der Waals surface area contributed by atoms with Gasteiger partial charge in [0.15, 0.2) is 11.5 Å². The van der Waals surface area contributed by atoms with E-state index in [2.05, 4.69) is 53.1 Å². The fourth-order valence-electron chi connectivity index (χ4n) is 3.21. The Morgan fingerprint density at radius 2 is 1.86 bits per heavy atom. The molecular formula is C20H26Cl2N4O2. The summed E-state index contributed by atoms with van der Waals surface area (Å²) in [6.45, 7) is 2.97. The molecule has 0 aliphatic carbocycles. The van der Waals surface area contributed by atoms with Gasteiger partial charge in [0.05, 0.1) is 11.0 Å². The summed E-state index contributed by atoms with van der Waals surface area (Å²) in [5, 5.41) is 3.49. The standard InChI is InChI=1S/C20H24N4O2.2ClH/c1-23(2)10-5-11-24-17-7-4-3-6-16(17)22-20(24)21-13-15-8-9-18-19(12-15)26-14-25-18;;/h3-4,6-9,12H,5,10-11,13-14H2,1-2H3,(H,21,22);2*1H. The largest absolute Gasteiger partial charge is 0.454 e. The number of para-hydroxylation sites is 2. The first-order valence-corrected chi connectivity index (χ1v) is 8.93. The fraction of sp³-hybridized carbons (Fsp3) is 0.350. The number of rotatable bonds is 7. The molecule has 2 aromatic carbocycles. The third kappa shape index (κ3) is 4.82. The predicted octanol–water partition coefficient (Wildman–Crippen LogP) is 4.17. The summed E-state index contributed by atoms with van der Waals surface area (Å²) >= 11 is 0. The number of halogens is 2. The number of aromatic nitrogens is 2. The van der Waals surface area contributed by atoms with Crippen molar-refractivity contribution in [2.45, 2.75) is 19.5 Å². The Kier molecular flexibility index (Phi) is 7.80. The van der Waals surface area contributed by atoms with Crippen LogP contribution in [0.1, 0.15) is 12.0 Å². The van der Waals surface area contributed by atoms with Crippen molar-refractivity contribution < 1.29 is 9.47 Å². The second-order valence-electron chi connectivity index (χ2n) is 6.77. The number of hydrogen-bond acceptors (Lipinski definition) is 5. The molecule has 1 aliphatic heterocycles. The van der Waals surface area contributed by atoms with Gasteiger partial charge in [-0.3, -0.25) is 0 Å². The maximum atomic E-state index is 5.46. The first-order valence-electron chi connectivity index (χ1n) is 8.93. The predicted molar refractivity (Wildman–Crippen MR) is 117 cm³/mol. The lowest BCUT2D eigenvalue weighted by Crippen LogP contribution is -2.16. The van der Waals surface area contributed by atoms with Crippen LogP contribution in [0.5, 0.6) is 11.5 Å². The molecule has 0 radical (unpaired) electrons. The van der Waals surface area contributed by atoms with Gasteiger partial charge in [0.1, 0.15) is 0 Å². The van der Waals surface area contributed by atoms with Crippen molar-refractivity contribution in [1.29, 1.82) is 0 Å². The van der Waals surface area contributed by atoms with Crippen LogP contribution in [-0.4, -0.2) is 41.9 Å². The van der Waals surface area contributed by atoms with Crippen LogP contribution in [0.15, 0.2) is 42.5 Å². The van der Waals surface area contributed by atoms with Crippen molar-refractivity contribution in [1.82, 2.24) is 14.5 Å². The third-order valence-electron chi connectivity index (χ3n) is 4.53. The summed E-state index contributed by atoms with van der Waals surface area (Å²) in [6, 6.07) is 14.3. The molecule has 4 rings (SSSR count). The Morgan fingerprint density at radius 3 is 2.68 bits per heavy atom. The van der Waals surface area contributed by atoms with Crippen molar-refractivity contribution in [2.75, 3.05) is 32.7 Å². The Labute approximate surface area is 177 Å². The Bertz CT molecular complexity index is 914. The minimum atomic E-state index is 0. The van der Waals surface area contributed by atoms with E-state index in [-0.39, 0.29) is 24.8 Å². The van der Waals surface area contributed by atoms with Gasteiger partial charge in [0, 0.05) is 13.1 Å². The first-order chi connectivity index (χ1) is 12.7. The number of ether oxygens (including phenoxy) is 2. The summed E-state index contributed by atoms with van der Waals surface area (Å²) in [7, 11) is 4.20. The third-order valence-corrected chi connectivity index (χ3v) is 4.53. The maximum absolute atomic E-state index is 5.46. The lowest BCUT2D eigenvalue weighted by Gasteiger charge is -2.13. The summed E-state index contributed by atoms with van der Waals surface area (Å²) in [6.07, 6.45) is 1.08. The van der Waals surface area contributed by atoms with Crippen molar-refractivity contribution in [3.05, 3.63) is 48.0 Å². The topological polar surface area (TPSA) is 51.5 Å². The van der Waals surface area contributed by atoms with Gasteiger partial charge in [-0.15, -0.1) is 24.8 Å². The van der Waals surface area contributed by atoms with Gasteiger partial charge in [-0.05, 0) is 56.9 Å². The molecule has 28 heavy (non-hydrogen) atoms. The molecule has 2 heterocycles. The van der Waals surface area contributed by atoms with Crippen LogP contribution < -0.4 is 14.8 Å². The number of hydrogen-bond donors (Lipinski definition) is 1. The number of aryl methyl sites for hydroxylation is 1. The van der Waals surface area contributed by atoms with E-state index < -0.39 is 0 Å². The van der Waals surface area contributed by atoms with Crippen LogP contribution in [0.25, 0.3) is 11.0 Å². The lowest BCUT2D eigenvalue weighted by atomic mass is 10.2. The van der Waals surface area contributed by atoms with Gasteiger partial charge < -0.3 is 24.3 Å². The van der Waals surface area contributed by atoms with Crippen LogP contribution in [0.3, 0.4) is 0 Å². The molecule has 6 nitrogen and oxygen atoms in total. The Morgan fingerprint density at radius 1 is 1.07 bits per heavy atom. The first kappa shape index (κ1) is 22.1. The fourth-order valence-corrected chi connectivity index (χ4v) is 3.21. The van der Waals surface area contributed by atoms with Crippen molar-refractivity contribution >= 4 is 41.8 Å². The second-order valence-corrected chi connectivity index (χ2v) is 6.77. The minimum absolute atomic E-state index is 0. The summed E-state index contributed by atoms with van der Waals surface area (Å²) in [4.78, 5) is 6.99. The highest BCUT2D eigenvalue weighted by Gasteiger charge is 2.14. The Balaban J connectivity index is 0.00000140. The molecule has 8 heteroatoms. The van der Waals surface area contributed by atoms with Gasteiger partial charge in [0.2, 0.25) is 12.7 Å². The maximum Gasteiger partial charge on any atom is 0.231 e. The van der Waals surface area contributed by atoms with Crippen LogP contribution >= 0.6 is 24.8 Å². The molecule has 1 aliphatic rings. The van der Waals surface area contributed by atoms with E-state index in [0.29, 0.717) is 13.3 Å². The van der Waals surface area contributed by atoms with Gasteiger partial charge in [-0.2, -0.15) is 0 Å². The average molecular weight is 425 g/mol. The normalized spacial score (nSPS) is 12.0. The highest BCUT2D eigenvalue weighted by Crippen LogP contribution is 2.32. The van der Waals surface area contributed by atoms with E-state index in [0.717, 1.165) is 48.0 Å². The molecule has 0 bridgehead atoms. The average Bonchev–Trinajstić information content (AvgIpc) is 3.24. The monoisotopic (exact) mass is 424 g/mol. The van der Waals surface area contributed by atoms with E-state index in [1.807, 2.05) is 18.2 Å². The van der Waals surface area contributed by atoms with E-state index >= 15 is 0 Å². The molecule has 1 N–H and O–H groups in total. The van der Waals surface area contributed by atoms with E-state index in [4.69, 9.17) is 14.5 Å². The molecule has 3 aromatic rings. The molecule has 0 atom stereocenters. The van der Waals surface area contributed by atoms with Crippen molar-refractivity contribution in [3.8, 4) is 11.5 Å². The van der Waals surface area contributed by atoms with Gasteiger partial charge in [-0.1, -0.05) is 18.2 Å². The zero-order valence-electron chi connectivity index (χ0n) is 16.1. The molecule has 152 valence electrons. The molecule has 0 fully saturated rings. The lowest BCUT2D eigenvalue weighted by molar-refractivity contribution is 0.174. The molecule has 1 aromatic heterocycles. The quantitative estimate of drug-likeness (QED) is 0.616. The van der Waals surface area contributed by atoms with Gasteiger partial charge in [0.25, 0.3) is 0 Å². The smallest absolute Gasteiger partial charge is 0.231 e. The zero-order chi connectivity index (χ0) is 17.9. The molecule has 0 saturated carbocycles. The molecule has 0 spiro atoms. The van der Waals surface area contributed by atoms with Crippen LogP contribution in [0.2, 0.25) is 0 Å². The van der Waals surface area contributed by atoms with Crippen molar-refractivity contribution in [2.24, 2.45) is 0 Å². The molecule has 0 amide bonds.